The minimum Gasteiger partial charge on any atom is -0.399 e. The van der Waals surface area contributed by atoms with Gasteiger partial charge in [0.05, 0.1) is 0 Å². The molecule has 2 heteroatoms. The lowest BCUT2D eigenvalue weighted by atomic mass is 10.1. The Morgan fingerprint density at radius 2 is 1.60 bits per heavy atom. The Kier molecular flexibility index (Phi) is 1.53. The van der Waals surface area contributed by atoms with Gasteiger partial charge in [0.1, 0.15) is 0 Å². The summed E-state index contributed by atoms with van der Waals surface area (Å²) in [5.74, 6) is 0.0919. The quantitative estimate of drug-likeness (QED) is 0.545. The van der Waals surface area contributed by atoms with E-state index in [1.165, 1.54) is 0 Å². The van der Waals surface area contributed by atoms with Crippen LogP contribution in [-0.2, 0) is 5.11 Å². The molecule has 1 rings (SSSR count). The monoisotopic (exact) mass is 136 g/mol. The lowest BCUT2D eigenvalue weighted by molar-refractivity contribution is 0.348. The number of hydrogen-bond donors (Lipinski definition) is 1. The largest absolute Gasteiger partial charge is 0.399 e. The highest BCUT2D eigenvalue weighted by molar-refractivity contribution is 5.51. The van der Waals surface area contributed by atoms with E-state index in [-0.39, 0.29) is 5.75 Å². The van der Waals surface area contributed by atoms with Gasteiger partial charge in [0.15, 0.2) is 5.75 Å². The molecule has 1 aromatic carbocycles. The van der Waals surface area contributed by atoms with Crippen molar-refractivity contribution in [1.29, 1.82) is 0 Å². The summed E-state index contributed by atoms with van der Waals surface area (Å²) < 4.78 is 0. The Morgan fingerprint density at radius 1 is 1.20 bits per heavy atom. The first-order valence-corrected chi connectivity index (χ1v) is 3.15. The topological polar surface area (TPSA) is 45.9 Å². The average Bonchev–Trinajstić information content (AvgIpc) is 1.82. The minimum absolute atomic E-state index is 0.0919. The van der Waals surface area contributed by atoms with E-state index in [9.17, 15) is 5.11 Å². The fraction of sp³-hybridized carbons (Fsp3) is 0.250. The molecule has 0 saturated heterocycles. The molecule has 10 heavy (non-hydrogen) atoms. The van der Waals surface area contributed by atoms with Crippen LogP contribution in [0, 0.1) is 13.8 Å². The van der Waals surface area contributed by atoms with Crippen molar-refractivity contribution in [3.63, 3.8) is 0 Å². The molecule has 2 nitrogen and oxygen atoms in total. The van der Waals surface area contributed by atoms with Crippen molar-refractivity contribution in [3.05, 3.63) is 23.3 Å². The highest BCUT2D eigenvalue weighted by Crippen LogP contribution is 2.24. The lowest BCUT2D eigenvalue weighted by Gasteiger charge is -2.00. The predicted octanol–water partition coefficient (Wildman–Crippen LogP) is 2.03. The second kappa shape index (κ2) is 2.21. The number of rotatable bonds is 0. The normalized spacial score (nSPS) is 9.80. The average molecular weight is 136 g/mol. The van der Waals surface area contributed by atoms with Crippen LogP contribution in [0.3, 0.4) is 0 Å². The van der Waals surface area contributed by atoms with Gasteiger partial charge in [0.2, 0.25) is 0 Å². The van der Waals surface area contributed by atoms with Crippen molar-refractivity contribution in [2.45, 2.75) is 13.8 Å². The second-order valence-electron chi connectivity index (χ2n) is 2.48. The summed E-state index contributed by atoms with van der Waals surface area (Å²) in [6.07, 6.45) is 0. The van der Waals surface area contributed by atoms with Gasteiger partial charge in [-0.3, -0.25) is 5.11 Å². The Balaban J connectivity index is 3.31. The van der Waals surface area contributed by atoms with Crippen LogP contribution in [0.25, 0.3) is 0 Å². The SMILES string of the molecule is Cc1cc(N)cc(C)c1[O]. The smallest absolute Gasteiger partial charge is 0.184 e. The molecule has 1 radical (unpaired) electrons. The third kappa shape index (κ3) is 1.05. The number of anilines is 1. The molecule has 0 aliphatic heterocycles. The molecular weight excluding hydrogens is 126 g/mol. The molecule has 0 aliphatic carbocycles. The standard InChI is InChI=1S/C8H10NO/c1-5-3-7(9)4-6(2)8(5)10/h3-4H,9H2,1-2H3. The predicted molar refractivity (Wildman–Crippen MR) is 40.5 cm³/mol. The van der Waals surface area contributed by atoms with Gasteiger partial charge in [-0.2, -0.15) is 0 Å². The van der Waals surface area contributed by atoms with E-state index < -0.39 is 0 Å². The lowest BCUT2D eigenvalue weighted by Crippen LogP contribution is -1.87. The molecule has 0 heterocycles. The van der Waals surface area contributed by atoms with Gasteiger partial charge < -0.3 is 5.73 Å². The van der Waals surface area contributed by atoms with Crippen LogP contribution < -0.4 is 5.73 Å². The maximum atomic E-state index is 11.1. The van der Waals surface area contributed by atoms with Crippen LogP contribution in [0.2, 0.25) is 0 Å². The van der Waals surface area contributed by atoms with Crippen LogP contribution >= 0.6 is 0 Å². The first-order chi connectivity index (χ1) is 4.61. The molecule has 0 fully saturated rings. The van der Waals surface area contributed by atoms with Crippen LogP contribution in [0.5, 0.6) is 5.75 Å². The molecule has 0 saturated carbocycles. The summed E-state index contributed by atoms with van der Waals surface area (Å²) in [6.45, 7) is 3.54. The zero-order valence-electron chi connectivity index (χ0n) is 6.14. The zero-order valence-corrected chi connectivity index (χ0v) is 6.14. The molecule has 0 bridgehead atoms. The second-order valence-corrected chi connectivity index (χ2v) is 2.48. The van der Waals surface area contributed by atoms with E-state index in [2.05, 4.69) is 0 Å². The van der Waals surface area contributed by atoms with Crippen LogP contribution in [0.15, 0.2) is 12.1 Å². The number of hydrogen-bond acceptors (Lipinski definition) is 1. The summed E-state index contributed by atoms with van der Waals surface area (Å²) in [7, 11) is 0. The molecule has 2 N–H and O–H groups in total. The first-order valence-electron chi connectivity index (χ1n) is 3.15. The first kappa shape index (κ1) is 6.93. The van der Waals surface area contributed by atoms with Gasteiger partial charge in [-0.05, 0) is 37.1 Å². The molecule has 0 atom stereocenters. The number of nitrogen functional groups attached to an aromatic ring is 1. The number of aryl methyl sites for hydroxylation is 2. The molecule has 0 aromatic heterocycles. The zero-order chi connectivity index (χ0) is 7.72. The van der Waals surface area contributed by atoms with Gasteiger partial charge in [-0.25, -0.2) is 0 Å². The highest BCUT2D eigenvalue weighted by atomic mass is 16.3. The molecule has 53 valence electrons. The van der Waals surface area contributed by atoms with Gasteiger partial charge in [-0.15, -0.1) is 0 Å². The Morgan fingerprint density at radius 3 is 2.00 bits per heavy atom. The summed E-state index contributed by atoms with van der Waals surface area (Å²) in [5.41, 5.74) is 7.59. The maximum absolute atomic E-state index is 11.1. The van der Waals surface area contributed by atoms with E-state index in [4.69, 9.17) is 5.73 Å². The van der Waals surface area contributed by atoms with E-state index in [1.54, 1.807) is 26.0 Å². The molecule has 0 spiro atoms. The minimum atomic E-state index is 0.0919. The van der Waals surface area contributed by atoms with Crippen molar-refractivity contribution < 1.29 is 5.11 Å². The Labute approximate surface area is 60.3 Å². The van der Waals surface area contributed by atoms with Crippen molar-refractivity contribution in [2.24, 2.45) is 0 Å². The molecule has 0 unspecified atom stereocenters. The summed E-state index contributed by atoms with van der Waals surface area (Å²) in [5, 5.41) is 11.1. The summed E-state index contributed by atoms with van der Waals surface area (Å²) in [4.78, 5) is 0. The summed E-state index contributed by atoms with van der Waals surface area (Å²) >= 11 is 0. The fourth-order valence-corrected chi connectivity index (χ4v) is 0.984. The third-order valence-electron chi connectivity index (χ3n) is 1.48. The van der Waals surface area contributed by atoms with Gasteiger partial charge in [0.25, 0.3) is 0 Å². The van der Waals surface area contributed by atoms with E-state index in [0.717, 1.165) is 11.1 Å². The van der Waals surface area contributed by atoms with E-state index >= 15 is 0 Å². The molecule has 0 aliphatic rings. The van der Waals surface area contributed by atoms with E-state index in [1.807, 2.05) is 0 Å². The third-order valence-corrected chi connectivity index (χ3v) is 1.48. The molecule has 1 aromatic rings. The summed E-state index contributed by atoms with van der Waals surface area (Å²) in [6, 6.07) is 3.38. The van der Waals surface area contributed by atoms with Gasteiger partial charge >= 0.3 is 0 Å². The van der Waals surface area contributed by atoms with Crippen molar-refractivity contribution >= 4 is 5.69 Å². The molecular formula is C8H10NO. The fourth-order valence-electron chi connectivity index (χ4n) is 0.984. The number of nitrogens with two attached hydrogens (primary N) is 1. The molecule has 0 amide bonds. The van der Waals surface area contributed by atoms with Gasteiger partial charge in [0, 0.05) is 5.69 Å². The van der Waals surface area contributed by atoms with Crippen LogP contribution in [-0.4, -0.2) is 0 Å². The van der Waals surface area contributed by atoms with Crippen molar-refractivity contribution in [1.82, 2.24) is 0 Å². The Bertz CT molecular complexity index is 232. The van der Waals surface area contributed by atoms with Gasteiger partial charge in [-0.1, -0.05) is 0 Å². The number of benzene rings is 1. The Hall–Kier alpha value is -1.18. The van der Waals surface area contributed by atoms with Crippen molar-refractivity contribution in [2.75, 3.05) is 5.73 Å². The van der Waals surface area contributed by atoms with Crippen LogP contribution in [0.1, 0.15) is 11.1 Å². The highest BCUT2D eigenvalue weighted by Gasteiger charge is 2.01. The maximum Gasteiger partial charge on any atom is 0.184 e. The van der Waals surface area contributed by atoms with E-state index in [0.29, 0.717) is 5.69 Å². The van der Waals surface area contributed by atoms with Crippen molar-refractivity contribution in [3.8, 4) is 5.75 Å². The van der Waals surface area contributed by atoms with Crippen LogP contribution in [0.4, 0.5) is 5.69 Å².